The molecule has 0 saturated carbocycles. The standard InChI is InChI=1S/C14H24N4/c1-3-18-8-6-12(7-9-18)10-16-14-5-4-13(15)11(2)17-14/h4-5,12H,3,6-10,15H2,1-2H3,(H,16,17). The number of rotatable bonds is 4. The Balaban J connectivity index is 1.79. The molecule has 1 aliphatic heterocycles. The molecule has 0 unspecified atom stereocenters. The first-order valence-electron chi connectivity index (χ1n) is 6.88. The Labute approximate surface area is 110 Å². The fourth-order valence-corrected chi connectivity index (χ4v) is 2.43. The SMILES string of the molecule is CCN1CCC(CNc2ccc(N)c(C)n2)CC1. The lowest BCUT2D eigenvalue weighted by molar-refractivity contribution is 0.198. The van der Waals surface area contributed by atoms with E-state index in [0.717, 1.165) is 29.7 Å². The lowest BCUT2D eigenvalue weighted by Gasteiger charge is -2.31. The summed E-state index contributed by atoms with van der Waals surface area (Å²) in [6.07, 6.45) is 2.57. The van der Waals surface area contributed by atoms with Crippen molar-refractivity contribution < 1.29 is 0 Å². The van der Waals surface area contributed by atoms with Crippen molar-refractivity contribution in [2.45, 2.75) is 26.7 Å². The molecule has 0 aliphatic carbocycles. The van der Waals surface area contributed by atoms with E-state index in [1.807, 2.05) is 19.1 Å². The number of nitrogens with zero attached hydrogens (tertiary/aromatic N) is 2. The van der Waals surface area contributed by atoms with Crippen molar-refractivity contribution in [3.8, 4) is 0 Å². The predicted molar refractivity (Wildman–Crippen MR) is 76.7 cm³/mol. The van der Waals surface area contributed by atoms with Crippen LogP contribution in [0.15, 0.2) is 12.1 Å². The average Bonchev–Trinajstić information content (AvgIpc) is 2.41. The van der Waals surface area contributed by atoms with E-state index in [1.54, 1.807) is 0 Å². The molecule has 2 rings (SSSR count). The van der Waals surface area contributed by atoms with E-state index in [4.69, 9.17) is 5.73 Å². The van der Waals surface area contributed by atoms with Crippen LogP contribution in [0.2, 0.25) is 0 Å². The molecular formula is C14H24N4. The van der Waals surface area contributed by atoms with Crippen LogP contribution in [0.25, 0.3) is 0 Å². The van der Waals surface area contributed by atoms with Gasteiger partial charge in [-0.3, -0.25) is 0 Å². The molecule has 0 aromatic carbocycles. The third-order valence-electron chi connectivity index (χ3n) is 3.85. The third kappa shape index (κ3) is 3.35. The summed E-state index contributed by atoms with van der Waals surface area (Å²) >= 11 is 0. The van der Waals surface area contributed by atoms with E-state index >= 15 is 0 Å². The minimum absolute atomic E-state index is 0.761. The first kappa shape index (κ1) is 13.1. The molecule has 4 nitrogen and oxygen atoms in total. The third-order valence-corrected chi connectivity index (χ3v) is 3.85. The summed E-state index contributed by atoms with van der Waals surface area (Å²) in [5.41, 5.74) is 7.43. The van der Waals surface area contributed by atoms with Crippen LogP contribution in [0.1, 0.15) is 25.5 Å². The van der Waals surface area contributed by atoms with Crippen molar-refractivity contribution >= 4 is 11.5 Å². The van der Waals surface area contributed by atoms with Gasteiger partial charge in [0.05, 0.1) is 11.4 Å². The molecule has 1 aromatic heterocycles. The largest absolute Gasteiger partial charge is 0.397 e. The van der Waals surface area contributed by atoms with E-state index in [0.29, 0.717) is 0 Å². The molecule has 100 valence electrons. The van der Waals surface area contributed by atoms with Gasteiger partial charge in [-0.05, 0) is 57.5 Å². The fourth-order valence-electron chi connectivity index (χ4n) is 2.43. The molecule has 18 heavy (non-hydrogen) atoms. The smallest absolute Gasteiger partial charge is 0.126 e. The van der Waals surface area contributed by atoms with Gasteiger partial charge in [0.15, 0.2) is 0 Å². The van der Waals surface area contributed by atoms with Gasteiger partial charge in [-0.1, -0.05) is 6.92 Å². The van der Waals surface area contributed by atoms with Crippen LogP contribution in [0.4, 0.5) is 11.5 Å². The number of nitrogens with one attached hydrogen (secondary N) is 1. The summed E-state index contributed by atoms with van der Waals surface area (Å²) in [5, 5.41) is 3.43. The number of piperidine rings is 1. The molecule has 2 heterocycles. The Bertz CT molecular complexity index is 383. The fraction of sp³-hybridized carbons (Fsp3) is 0.643. The summed E-state index contributed by atoms with van der Waals surface area (Å²) in [5.74, 6) is 1.71. The number of aryl methyl sites for hydroxylation is 1. The Hall–Kier alpha value is -1.29. The highest BCUT2D eigenvalue weighted by atomic mass is 15.1. The predicted octanol–water partition coefficient (Wildman–Crippen LogP) is 2.12. The first-order valence-corrected chi connectivity index (χ1v) is 6.88. The monoisotopic (exact) mass is 248 g/mol. The van der Waals surface area contributed by atoms with Crippen molar-refractivity contribution in [2.75, 3.05) is 37.2 Å². The number of hydrogen-bond acceptors (Lipinski definition) is 4. The molecule has 0 spiro atoms. The van der Waals surface area contributed by atoms with Crippen LogP contribution in [-0.2, 0) is 0 Å². The van der Waals surface area contributed by atoms with Crippen LogP contribution in [-0.4, -0.2) is 36.1 Å². The van der Waals surface area contributed by atoms with Gasteiger partial charge in [0.2, 0.25) is 0 Å². The minimum atomic E-state index is 0.761. The van der Waals surface area contributed by atoms with Crippen LogP contribution in [0, 0.1) is 12.8 Å². The van der Waals surface area contributed by atoms with Crippen molar-refractivity contribution in [3.63, 3.8) is 0 Å². The van der Waals surface area contributed by atoms with Crippen LogP contribution < -0.4 is 11.1 Å². The summed E-state index contributed by atoms with van der Waals surface area (Å²) in [4.78, 5) is 6.96. The molecule has 1 aromatic rings. The highest BCUT2D eigenvalue weighted by Crippen LogP contribution is 2.18. The maximum atomic E-state index is 5.76. The summed E-state index contributed by atoms with van der Waals surface area (Å²) in [6.45, 7) is 8.85. The number of aromatic nitrogens is 1. The zero-order valence-corrected chi connectivity index (χ0v) is 11.4. The molecule has 1 saturated heterocycles. The van der Waals surface area contributed by atoms with Crippen molar-refractivity contribution in [2.24, 2.45) is 5.92 Å². The van der Waals surface area contributed by atoms with Gasteiger partial charge in [0, 0.05) is 6.54 Å². The normalized spacial score (nSPS) is 17.9. The molecule has 1 fully saturated rings. The molecule has 0 bridgehead atoms. The summed E-state index contributed by atoms with van der Waals surface area (Å²) < 4.78 is 0. The van der Waals surface area contributed by atoms with Gasteiger partial charge >= 0.3 is 0 Å². The quantitative estimate of drug-likeness (QED) is 0.857. The second kappa shape index (κ2) is 6.05. The number of pyridine rings is 1. The molecule has 3 N–H and O–H groups in total. The molecule has 4 heteroatoms. The Morgan fingerprint density at radius 2 is 2.11 bits per heavy atom. The van der Waals surface area contributed by atoms with Crippen LogP contribution >= 0.6 is 0 Å². The van der Waals surface area contributed by atoms with Crippen molar-refractivity contribution in [1.82, 2.24) is 9.88 Å². The topological polar surface area (TPSA) is 54.2 Å². The van der Waals surface area contributed by atoms with E-state index in [-0.39, 0.29) is 0 Å². The van der Waals surface area contributed by atoms with E-state index in [2.05, 4.69) is 22.1 Å². The highest BCUT2D eigenvalue weighted by Gasteiger charge is 2.17. The number of hydrogen-bond donors (Lipinski definition) is 2. The highest BCUT2D eigenvalue weighted by molar-refractivity contribution is 5.48. The zero-order valence-electron chi connectivity index (χ0n) is 11.4. The van der Waals surface area contributed by atoms with Crippen LogP contribution in [0.3, 0.4) is 0 Å². The minimum Gasteiger partial charge on any atom is -0.397 e. The van der Waals surface area contributed by atoms with Gasteiger partial charge in [0.25, 0.3) is 0 Å². The molecule has 1 aliphatic rings. The maximum absolute atomic E-state index is 5.76. The van der Waals surface area contributed by atoms with Crippen molar-refractivity contribution in [1.29, 1.82) is 0 Å². The van der Waals surface area contributed by atoms with Gasteiger partial charge in [0.1, 0.15) is 5.82 Å². The second-order valence-corrected chi connectivity index (χ2v) is 5.13. The molecular weight excluding hydrogens is 224 g/mol. The molecule has 0 radical (unpaired) electrons. The first-order chi connectivity index (χ1) is 8.69. The molecule has 0 amide bonds. The lowest BCUT2D eigenvalue weighted by atomic mass is 9.97. The summed E-state index contributed by atoms with van der Waals surface area (Å²) in [7, 11) is 0. The van der Waals surface area contributed by atoms with E-state index in [1.165, 1.54) is 32.5 Å². The van der Waals surface area contributed by atoms with Gasteiger partial charge in [-0.15, -0.1) is 0 Å². The van der Waals surface area contributed by atoms with E-state index < -0.39 is 0 Å². The Morgan fingerprint density at radius 3 is 2.72 bits per heavy atom. The lowest BCUT2D eigenvalue weighted by Crippen LogP contribution is -2.35. The van der Waals surface area contributed by atoms with Gasteiger partial charge in [-0.25, -0.2) is 4.98 Å². The Kier molecular flexibility index (Phi) is 4.42. The van der Waals surface area contributed by atoms with E-state index in [9.17, 15) is 0 Å². The number of nitrogens with two attached hydrogens (primary N) is 1. The zero-order chi connectivity index (χ0) is 13.0. The maximum Gasteiger partial charge on any atom is 0.126 e. The van der Waals surface area contributed by atoms with Gasteiger partial charge < -0.3 is 16.0 Å². The molecule has 0 atom stereocenters. The summed E-state index contributed by atoms with van der Waals surface area (Å²) in [6, 6.07) is 3.88. The van der Waals surface area contributed by atoms with Crippen molar-refractivity contribution in [3.05, 3.63) is 17.8 Å². The number of nitrogen functional groups attached to an aromatic ring is 1. The van der Waals surface area contributed by atoms with Gasteiger partial charge in [-0.2, -0.15) is 0 Å². The number of anilines is 2. The van der Waals surface area contributed by atoms with Crippen LogP contribution in [0.5, 0.6) is 0 Å². The number of likely N-dealkylation sites (tertiary alicyclic amines) is 1. The average molecular weight is 248 g/mol. The second-order valence-electron chi connectivity index (χ2n) is 5.13. The Morgan fingerprint density at radius 1 is 1.39 bits per heavy atom.